The van der Waals surface area contributed by atoms with E-state index in [4.69, 9.17) is 0 Å². The van der Waals surface area contributed by atoms with Crippen molar-refractivity contribution in [1.82, 2.24) is 14.5 Å². The maximum absolute atomic E-state index is 13.4. The molecule has 7 heteroatoms. The van der Waals surface area contributed by atoms with E-state index in [0.29, 0.717) is 31.0 Å². The molecule has 6 nitrogen and oxygen atoms in total. The molecule has 3 rings (SSSR count). The van der Waals surface area contributed by atoms with Crippen molar-refractivity contribution in [2.45, 2.75) is 51.0 Å². The quantitative estimate of drug-likeness (QED) is 0.866. The second-order valence-corrected chi connectivity index (χ2v) is 9.26. The lowest BCUT2D eigenvalue weighted by Crippen LogP contribution is -2.48. The van der Waals surface area contributed by atoms with Gasteiger partial charge in [-0.1, -0.05) is 17.7 Å². The van der Waals surface area contributed by atoms with Crippen LogP contribution in [0, 0.1) is 20.8 Å². The number of rotatable bonds is 3. The third-order valence-corrected chi connectivity index (χ3v) is 7.53. The van der Waals surface area contributed by atoms with Crippen LogP contribution in [0.25, 0.3) is 0 Å². The highest BCUT2D eigenvalue weighted by Gasteiger charge is 2.42. The van der Waals surface area contributed by atoms with Gasteiger partial charge in [0.1, 0.15) is 6.04 Å². The average Bonchev–Trinajstić information content (AvgIpc) is 2.89. The van der Waals surface area contributed by atoms with Crippen LogP contribution >= 0.6 is 0 Å². The van der Waals surface area contributed by atoms with Gasteiger partial charge in [-0.2, -0.15) is 4.31 Å². The Kier molecular flexibility index (Phi) is 5.69. The van der Waals surface area contributed by atoms with E-state index >= 15 is 0 Å². The van der Waals surface area contributed by atoms with Crippen molar-refractivity contribution in [2.75, 3.05) is 32.7 Å². The Morgan fingerprint density at radius 3 is 2.42 bits per heavy atom. The van der Waals surface area contributed by atoms with Crippen LogP contribution in [-0.4, -0.2) is 62.3 Å². The van der Waals surface area contributed by atoms with Gasteiger partial charge in [0.2, 0.25) is 15.9 Å². The molecule has 2 aliphatic rings. The molecule has 1 N–H and O–H groups in total. The van der Waals surface area contributed by atoms with Crippen molar-refractivity contribution in [3.8, 4) is 0 Å². The average molecular weight is 380 g/mol. The van der Waals surface area contributed by atoms with Crippen LogP contribution in [0.15, 0.2) is 17.0 Å². The molecule has 2 fully saturated rings. The van der Waals surface area contributed by atoms with E-state index in [9.17, 15) is 13.2 Å². The minimum Gasteiger partial charge on any atom is -0.340 e. The first kappa shape index (κ1) is 19.3. The van der Waals surface area contributed by atoms with Gasteiger partial charge in [-0.05, 0) is 57.7 Å². The first-order chi connectivity index (χ1) is 12.3. The van der Waals surface area contributed by atoms with Gasteiger partial charge in [0.05, 0.1) is 4.90 Å². The molecule has 2 saturated heterocycles. The number of amides is 1. The standard InChI is InChI=1S/C19H29N3O3S/c1-14-12-15(2)18(16(3)13-14)26(24,25)22-10-4-6-17(22)19(23)21-9-5-7-20-8-11-21/h12-13,17,20H,4-11H2,1-3H3. The van der Waals surface area contributed by atoms with Crippen LogP contribution in [0.5, 0.6) is 0 Å². The molecule has 26 heavy (non-hydrogen) atoms. The van der Waals surface area contributed by atoms with Crippen LogP contribution in [-0.2, 0) is 14.8 Å². The highest BCUT2D eigenvalue weighted by molar-refractivity contribution is 7.89. The molecule has 1 aromatic carbocycles. The Morgan fingerprint density at radius 2 is 1.73 bits per heavy atom. The molecule has 1 atom stereocenters. The van der Waals surface area contributed by atoms with Gasteiger partial charge in [0, 0.05) is 26.2 Å². The molecule has 0 aromatic heterocycles. The van der Waals surface area contributed by atoms with Crippen LogP contribution in [0.2, 0.25) is 0 Å². The molecular weight excluding hydrogens is 350 g/mol. The third-order valence-electron chi connectivity index (χ3n) is 5.31. The van der Waals surface area contributed by atoms with E-state index in [1.54, 1.807) is 0 Å². The van der Waals surface area contributed by atoms with Gasteiger partial charge in [-0.25, -0.2) is 8.42 Å². The monoisotopic (exact) mass is 379 g/mol. The molecule has 0 bridgehead atoms. The number of aryl methyl sites for hydroxylation is 3. The predicted octanol–water partition coefficient (Wildman–Crippen LogP) is 1.59. The molecule has 2 aliphatic heterocycles. The first-order valence-corrected chi connectivity index (χ1v) is 10.9. The zero-order valence-corrected chi connectivity index (χ0v) is 16.7. The number of hydrogen-bond acceptors (Lipinski definition) is 4. The second-order valence-electron chi connectivity index (χ2n) is 7.43. The summed E-state index contributed by atoms with van der Waals surface area (Å²) in [7, 11) is -3.69. The summed E-state index contributed by atoms with van der Waals surface area (Å²) in [6.45, 7) is 9.05. The SMILES string of the molecule is Cc1cc(C)c(S(=O)(=O)N2CCCC2C(=O)N2CCCNCC2)c(C)c1. The van der Waals surface area contributed by atoms with Crippen LogP contribution in [0.4, 0.5) is 0 Å². The smallest absolute Gasteiger partial charge is 0.244 e. The van der Waals surface area contributed by atoms with Gasteiger partial charge in [0.15, 0.2) is 0 Å². The fraction of sp³-hybridized carbons (Fsp3) is 0.632. The van der Waals surface area contributed by atoms with Crippen molar-refractivity contribution >= 4 is 15.9 Å². The lowest BCUT2D eigenvalue weighted by atomic mass is 10.1. The summed E-state index contributed by atoms with van der Waals surface area (Å²) in [5.74, 6) is -0.0443. The van der Waals surface area contributed by atoms with Crippen molar-refractivity contribution < 1.29 is 13.2 Å². The number of carbonyl (C=O) groups is 1. The number of benzene rings is 1. The van der Waals surface area contributed by atoms with Gasteiger partial charge in [-0.3, -0.25) is 4.79 Å². The predicted molar refractivity (Wildman–Crippen MR) is 102 cm³/mol. The largest absolute Gasteiger partial charge is 0.340 e. The summed E-state index contributed by atoms with van der Waals surface area (Å²) in [4.78, 5) is 15.2. The summed E-state index contributed by atoms with van der Waals surface area (Å²) in [6.07, 6.45) is 2.24. The molecule has 0 radical (unpaired) electrons. The molecule has 2 heterocycles. The number of sulfonamides is 1. The van der Waals surface area contributed by atoms with E-state index in [1.807, 2.05) is 37.8 Å². The minimum absolute atomic E-state index is 0.0443. The molecule has 1 unspecified atom stereocenters. The number of nitrogens with zero attached hydrogens (tertiary/aromatic N) is 2. The van der Waals surface area contributed by atoms with Crippen molar-refractivity contribution in [2.24, 2.45) is 0 Å². The van der Waals surface area contributed by atoms with Gasteiger partial charge in [-0.15, -0.1) is 0 Å². The van der Waals surface area contributed by atoms with Gasteiger partial charge in [0.25, 0.3) is 0 Å². The maximum atomic E-state index is 13.4. The molecular formula is C19H29N3O3S. The molecule has 0 spiro atoms. The van der Waals surface area contributed by atoms with Crippen molar-refractivity contribution in [1.29, 1.82) is 0 Å². The lowest BCUT2D eigenvalue weighted by Gasteiger charge is -2.29. The Labute approximate surface area is 156 Å². The van der Waals surface area contributed by atoms with E-state index in [-0.39, 0.29) is 5.91 Å². The Hall–Kier alpha value is -1.44. The number of carbonyl (C=O) groups excluding carboxylic acids is 1. The maximum Gasteiger partial charge on any atom is 0.244 e. The summed E-state index contributed by atoms with van der Waals surface area (Å²) in [6, 6.07) is 3.22. The third kappa shape index (κ3) is 3.66. The fourth-order valence-corrected chi connectivity index (χ4v) is 6.31. The summed E-state index contributed by atoms with van der Waals surface area (Å²) in [5, 5.41) is 3.28. The molecule has 1 amide bonds. The fourth-order valence-electron chi connectivity index (χ4n) is 4.24. The van der Waals surface area contributed by atoms with Gasteiger partial charge >= 0.3 is 0 Å². The van der Waals surface area contributed by atoms with E-state index in [2.05, 4.69) is 5.32 Å². The highest BCUT2D eigenvalue weighted by Crippen LogP contribution is 2.31. The van der Waals surface area contributed by atoms with E-state index in [0.717, 1.165) is 42.6 Å². The van der Waals surface area contributed by atoms with E-state index < -0.39 is 16.1 Å². The minimum atomic E-state index is -3.69. The Balaban J connectivity index is 1.91. The highest BCUT2D eigenvalue weighted by atomic mass is 32.2. The topological polar surface area (TPSA) is 69.7 Å². The Morgan fingerprint density at radius 1 is 1.04 bits per heavy atom. The number of hydrogen-bond donors (Lipinski definition) is 1. The van der Waals surface area contributed by atoms with Crippen LogP contribution in [0.1, 0.15) is 36.0 Å². The van der Waals surface area contributed by atoms with E-state index in [1.165, 1.54) is 4.31 Å². The van der Waals surface area contributed by atoms with Crippen LogP contribution in [0.3, 0.4) is 0 Å². The summed E-state index contributed by atoms with van der Waals surface area (Å²) in [5.41, 5.74) is 2.55. The molecule has 0 saturated carbocycles. The molecule has 0 aliphatic carbocycles. The first-order valence-electron chi connectivity index (χ1n) is 9.41. The van der Waals surface area contributed by atoms with Crippen molar-refractivity contribution in [3.63, 3.8) is 0 Å². The van der Waals surface area contributed by atoms with Gasteiger partial charge < -0.3 is 10.2 Å². The number of nitrogens with one attached hydrogen (secondary N) is 1. The second kappa shape index (κ2) is 7.66. The summed E-state index contributed by atoms with van der Waals surface area (Å²) >= 11 is 0. The zero-order valence-electron chi connectivity index (χ0n) is 15.9. The zero-order chi connectivity index (χ0) is 18.9. The normalized spacial score (nSPS) is 22.4. The summed E-state index contributed by atoms with van der Waals surface area (Å²) < 4.78 is 28.2. The lowest BCUT2D eigenvalue weighted by molar-refractivity contribution is -0.134. The van der Waals surface area contributed by atoms with Crippen LogP contribution < -0.4 is 5.32 Å². The molecule has 1 aromatic rings. The Bertz CT molecular complexity index is 760. The molecule has 144 valence electrons. The van der Waals surface area contributed by atoms with Crippen molar-refractivity contribution in [3.05, 3.63) is 28.8 Å².